The molecular formula is C26H28ClF3N4O4S. The Morgan fingerprint density at radius 1 is 1.38 bits per heavy atom. The van der Waals surface area contributed by atoms with E-state index in [2.05, 4.69) is 15.3 Å². The quantitative estimate of drug-likeness (QED) is 0.376. The molecule has 2 aliphatic rings. The van der Waals surface area contributed by atoms with E-state index in [0.717, 1.165) is 6.07 Å². The molecule has 8 nitrogen and oxygen atoms in total. The van der Waals surface area contributed by atoms with Crippen LogP contribution in [0.4, 0.5) is 13.2 Å². The van der Waals surface area contributed by atoms with Crippen molar-refractivity contribution in [1.29, 1.82) is 0 Å². The van der Waals surface area contributed by atoms with Crippen molar-refractivity contribution < 1.29 is 32.6 Å². The van der Waals surface area contributed by atoms with Crippen LogP contribution < -0.4 is 5.32 Å². The average molecular weight is 585 g/mol. The van der Waals surface area contributed by atoms with Gasteiger partial charge in [0.1, 0.15) is 11.9 Å². The molecule has 0 aliphatic carbocycles. The number of hydrogen-bond acceptors (Lipinski definition) is 8. The Morgan fingerprint density at radius 2 is 2.15 bits per heavy atom. The number of aliphatic imine (C=N–C) groups is 1. The number of nitrogens with zero attached hydrogens (tertiary/aromatic N) is 3. The zero-order valence-corrected chi connectivity index (χ0v) is 22.9. The van der Waals surface area contributed by atoms with Gasteiger partial charge in [-0.3, -0.25) is 14.7 Å². The second-order valence-electron chi connectivity index (χ2n) is 9.68. The van der Waals surface area contributed by atoms with E-state index < -0.39 is 48.2 Å². The van der Waals surface area contributed by atoms with E-state index in [4.69, 9.17) is 21.4 Å². The van der Waals surface area contributed by atoms with Gasteiger partial charge >= 0.3 is 11.9 Å². The van der Waals surface area contributed by atoms with Crippen molar-refractivity contribution in [3.05, 3.63) is 62.5 Å². The van der Waals surface area contributed by atoms with E-state index in [9.17, 15) is 22.8 Å². The third-order valence-electron chi connectivity index (χ3n) is 6.87. The SMILES string of the molecule is COC(=O)C1=C(CN2CC(F)(F)C[C@H]2CCCC(C)C(=O)O)NC(c2nccs2)=N[C@H]1c1ccc(F)cc1Cl. The van der Waals surface area contributed by atoms with Crippen LogP contribution in [0, 0.1) is 11.7 Å². The molecule has 0 amide bonds. The molecule has 4 rings (SSSR count). The molecule has 1 unspecified atom stereocenters. The highest BCUT2D eigenvalue weighted by Gasteiger charge is 2.45. The van der Waals surface area contributed by atoms with Crippen molar-refractivity contribution in [1.82, 2.24) is 15.2 Å². The van der Waals surface area contributed by atoms with Crippen molar-refractivity contribution in [3.8, 4) is 0 Å². The van der Waals surface area contributed by atoms with Crippen LogP contribution in [0.1, 0.15) is 49.2 Å². The van der Waals surface area contributed by atoms with Gasteiger partial charge in [0.05, 0.1) is 25.1 Å². The maximum atomic E-state index is 14.6. The molecule has 210 valence electrons. The lowest BCUT2D eigenvalue weighted by Crippen LogP contribution is -2.41. The molecule has 0 spiro atoms. The Morgan fingerprint density at radius 3 is 2.79 bits per heavy atom. The number of esters is 1. The number of amidine groups is 1. The summed E-state index contributed by atoms with van der Waals surface area (Å²) < 4.78 is 48.1. The summed E-state index contributed by atoms with van der Waals surface area (Å²) in [7, 11) is 1.20. The maximum absolute atomic E-state index is 14.6. The molecule has 13 heteroatoms. The average Bonchev–Trinajstić information content (AvgIpc) is 3.51. The second kappa shape index (κ2) is 12.1. The van der Waals surface area contributed by atoms with Crippen LogP contribution in [0.25, 0.3) is 0 Å². The van der Waals surface area contributed by atoms with Gasteiger partial charge in [-0.05, 0) is 25.0 Å². The molecule has 0 radical (unpaired) electrons. The van der Waals surface area contributed by atoms with Crippen molar-refractivity contribution in [3.63, 3.8) is 0 Å². The molecule has 0 saturated carbocycles. The van der Waals surface area contributed by atoms with Crippen LogP contribution in [0.5, 0.6) is 0 Å². The van der Waals surface area contributed by atoms with Gasteiger partial charge in [-0.2, -0.15) is 0 Å². The van der Waals surface area contributed by atoms with Gasteiger partial charge in [0, 0.05) is 46.9 Å². The second-order valence-corrected chi connectivity index (χ2v) is 11.0. The molecule has 3 heterocycles. The van der Waals surface area contributed by atoms with Gasteiger partial charge < -0.3 is 15.2 Å². The van der Waals surface area contributed by atoms with Crippen molar-refractivity contribution in [2.45, 2.75) is 50.6 Å². The van der Waals surface area contributed by atoms with Crippen molar-refractivity contribution in [2.75, 3.05) is 20.2 Å². The molecule has 1 aromatic heterocycles. The third kappa shape index (κ3) is 6.79. The summed E-state index contributed by atoms with van der Waals surface area (Å²) in [5.74, 6) is -5.44. The Labute approximate surface area is 232 Å². The summed E-state index contributed by atoms with van der Waals surface area (Å²) in [4.78, 5) is 34.8. The van der Waals surface area contributed by atoms with Crippen LogP contribution in [-0.4, -0.2) is 64.9 Å². The van der Waals surface area contributed by atoms with E-state index in [-0.39, 0.29) is 23.6 Å². The predicted molar refractivity (Wildman–Crippen MR) is 141 cm³/mol. The van der Waals surface area contributed by atoms with Crippen LogP contribution in [0.2, 0.25) is 5.02 Å². The van der Waals surface area contributed by atoms with E-state index in [1.165, 1.54) is 30.6 Å². The first-order valence-electron chi connectivity index (χ1n) is 12.3. The lowest BCUT2D eigenvalue weighted by molar-refractivity contribution is -0.141. The number of aliphatic carboxylic acids is 1. The number of rotatable bonds is 10. The predicted octanol–water partition coefficient (Wildman–Crippen LogP) is 5.05. The number of alkyl halides is 2. The smallest absolute Gasteiger partial charge is 0.338 e. The fraction of sp³-hybridized carbons (Fsp3) is 0.462. The van der Waals surface area contributed by atoms with E-state index >= 15 is 0 Å². The number of likely N-dealkylation sites (tertiary alicyclic amines) is 1. The largest absolute Gasteiger partial charge is 0.481 e. The summed E-state index contributed by atoms with van der Waals surface area (Å²) in [5.41, 5.74) is 0.714. The van der Waals surface area contributed by atoms with Crippen molar-refractivity contribution in [2.24, 2.45) is 10.9 Å². The molecule has 2 aliphatic heterocycles. The number of benzene rings is 1. The fourth-order valence-electron chi connectivity index (χ4n) is 4.89. The summed E-state index contributed by atoms with van der Waals surface area (Å²) in [5, 5.41) is 14.6. The molecule has 2 aromatic rings. The van der Waals surface area contributed by atoms with Gasteiger partial charge in [0.25, 0.3) is 5.92 Å². The summed E-state index contributed by atoms with van der Waals surface area (Å²) in [6.07, 6.45) is 2.40. The van der Waals surface area contributed by atoms with Gasteiger partial charge in [0.2, 0.25) is 0 Å². The number of aromatic nitrogens is 1. The van der Waals surface area contributed by atoms with Crippen molar-refractivity contribution >= 4 is 40.7 Å². The van der Waals surface area contributed by atoms with Crippen LogP contribution in [0.3, 0.4) is 0 Å². The molecule has 0 bridgehead atoms. The number of ether oxygens (including phenoxy) is 1. The summed E-state index contributed by atoms with van der Waals surface area (Å²) in [6, 6.07) is 2.20. The number of halogens is 4. The number of carbonyl (C=O) groups excluding carboxylic acids is 1. The van der Waals surface area contributed by atoms with E-state index in [1.54, 1.807) is 23.4 Å². The molecule has 3 atom stereocenters. The van der Waals surface area contributed by atoms with Gasteiger partial charge in [-0.1, -0.05) is 31.0 Å². The molecule has 1 fully saturated rings. The minimum Gasteiger partial charge on any atom is -0.481 e. The number of carboxylic acids is 1. The highest BCUT2D eigenvalue weighted by atomic mass is 35.5. The van der Waals surface area contributed by atoms with Gasteiger partial charge in [-0.15, -0.1) is 11.3 Å². The van der Waals surface area contributed by atoms with Crippen LogP contribution >= 0.6 is 22.9 Å². The molecular weight excluding hydrogens is 557 g/mol. The number of hydrogen-bond donors (Lipinski definition) is 2. The Balaban J connectivity index is 1.71. The van der Waals surface area contributed by atoms with Crippen LogP contribution in [-0.2, 0) is 14.3 Å². The first kappa shape index (κ1) is 29.0. The first-order chi connectivity index (χ1) is 18.5. The summed E-state index contributed by atoms with van der Waals surface area (Å²) in [6.45, 7) is 0.999. The number of thiazole rings is 1. The molecule has 1 aromatic carbocycles. The van der Waals surface area contributed by atoms with Gasteiger partial charge in [-0.25, -0.2) is 22.9 Å². The minimum absolute atomic E-state index is 0.0445. The monoisotopic (exact) mass is 584 g/mol. The zero-order valence-electron chi connectivity index (χ0n) is 21.3. The highest BCUT2D eigenvalue weighted by molar-refractivity contribution is 7.11. The Kier molecular flexibility index (Phi) is 8.97. The topological polar surface area (TPSA) is 104 Å². The molecule has 1 saturated heterocycles. The zero-order chi connectivity index (χ0) is 28.3. The summed E-state index contributed by atoms with van der Waals surface area (Å²) >= 11 is 7.66. The lowest BCUT2D eigenvalue weighted by atomic mass is 9.95. The van der Waals surface area contributed by atoms with Gasteiger partial charge in [0.15, 0.2) is 10.8 Å². The molecule has 2 N–H and O–H groups in total. The minimum atomic E-state index is -2.95. The number of carbonyl (C=O) groups is 2. The highest BCUT2D eigenvalue weighted by Crippen LogP contribution is 2.39. The molecule has 39 heavy (non-hydrogen) atoms. The maximum Gasteiger partial charge on any atom is 0.338 e. The normalized spacial score (nSPS) is 21.8. The van der Waals surface area contributed by atoms with E-state index in [0.29, 0.717) is 41.4 Å². The van der Waals surface area contributed by atoms with E-state index in [1.807, 2.05) is 0 Å². The number of carboxylic acid groups (broad SMARTS) is 1. The fourth-order valence-corrected chi connectivity index (χ4v) is 5.75. The number of nitrogens with one attached hydrogen (secondary N) is 1. The lowest BCUT2D eigenvalue weighted by Gasteiger charge is -2.31. The Bertz CT molecular complexity index is 1290. The van der Waals surface area contributed by atoms with Crippen LogP contribution in [0.15, 0.2) is 46.0 Å². The number of methoxy groups -OCH3 is 1. The Hall–Kier alpha value is -2.96. The standard InChI is InChI=1S/C26H28ClF3N4O4S/c1-14(24(35)36)4-3-5-16-11-26(29,30)13-34(16)12-19-20(25(37)38-2)21(17-7-6-15(28)10-18(17)27)33-22(32-19)23-31-8-9-39-23/h6-10,14,16,21H,3-5,11-13H2,1-2H3,(H,32,33)(H,35,36)/t14?,16-,21+/m1/s1. The first-order valence-corrected chi connectivity index (χ1v) is 13.6. The third-order valence-corrected chi connectivity index (χ3v) is 7.97.